The van der Waals surface area contributed by atoms with Gasteiger partial charge in [0.05, 0.1) is 0 Å². The van der Waals surface area contributed by atoms with Crippen LogP contribution in [0.4, 0.5) is 5.69 Å². The molecular formula is C20H25ClN2O. The number of hydrogen-bond acceptors (Lipinski definition) is 2. The minimum absolute atomic E-state index is 0.0586. The topological polar surface area (TPSA) is 41.1 Å². The van der Waals surface area contributed by atoms with Crippen molar-refractivity contribution < 1.29 is 4.79 Å². The zero-order valence-electron chi connectivity index (χ0n) is 14.3. The molecule has 0 saturated heterocycles. The van der Waals surface area contributed by atoms with Crippen LogP contribution in [0.25, 0.3) is 0 Å². The summed E-state index contributed by atoms with van der Waals surface area (Å²) in [6.07, 6.45) is 1.25. The molecule has 0 radical (unpaired) electrons. The van der Waals surface area contributed by atoms with Crippen LogP contribution in [-0.2, 0) is 11.2 Å². The zero-order valence-corrected chi connectivity index (χ0v) is 15.1. The van der Waals surface area contributed by atoms with Gasteiger partial charge in [0.1, 0.15) is 0 Å². The Labute approximate surface area is 149 Å². The first-order valence-corrected chi connectivity index (χ1v) is 8.77. The van der Waals surface area contributed by atoms with Crippen LogP contribution in [0.1, 0.15) is 37.3 Å². The fraction of sp³-hybridized carbons (Fsp3) is 0.350. The molecule has 2 rings (SSSR count). The van der Waals surface area contributed by atoms with Crippen molar-refractivity contribution in [3.05, 3.63) is 64.7 Å². The average Bonchev–Trinajstić information content (AvgIpc) is 2.55. The van der Waals surface area contributed by atoms with Crippen molar-refractivity contribution in [2.24, 2.45) is 0 Å². The molecule has 0 aromatic heterocycles. The minimum Gasteiger partial charge on any atom is -0.385 e. The Morgan fingerprint density at radius 1 is 1.08 bits per heavy atom. The molecule has 2 aromatic carbocycles. The second-order valence-electron chi connectivity index (χ2n) is 6.18. The lowest BCUT2D eigenvalue weighted by atomic mass is 10.0. The van der Waals surface area contributed by atoms with Gasteiger partial charge in [-0.05, 0) is 47.7 Å². The lowest BCUT2D eigenvalue weighted by Crippen LogP contribution is -2.27. The number of carbonyl (C=O) groups excluding carboxylic acids is 1. The zero-order chi connectivity index (χ0) is 17.4. The molecule has 128 valence electrons. The van der Waals surface area contributed by atoms with Gasteiger partial charge in [0, 0.05) is 30.2 Å². The summed E-state index contributed by atoms with van der Waals surface area (Å²) < 4.78 is 0. The maximum absolute atomic E-state index is 11.9. The van der Waals surface area contributed by atoms with Gasteiger partial charge >= 0.3 is 0 Å². The molecule has 0 bridgehead atoms. The summed E-state index contributed by atoms with van der Waals surface area (Å²) in [5.74, 6) is 0.590. The minimum atomic E-state index is 0.0586. The molecule has 3 nitrogen and oxygen atoms in total. The van der Waals surface area contributed by atoms with E-state index in [0.29, 0.717) is 25.4 Å². The quantitative estimate of drug-likeness (QED) is 0.733. The predicted molar refractivity (Wildman–Crippen MR) is 102 cm³/mol. The van der Waals surface area contributed by atoms with Gasteiger partial charge in [-0.25, -0.2) is 0 Å². The highest BCUT2D eigenvalue weighted by molar-refractivity contribution is 6.30. The Balaban J connectivity index is 1.64. The Bertz CT molecular complexity index is 653. The number of hydrogen-bond donors (Lipinski definition) is 2. The lowest BCUT2D eigenvalue weighted by Gasteiger charge is -2.10. The van der Waals surface area contributed by atoms with Crippen molar-refractivity contribution in [1.82, 2.24) is 5.32 Å². The van der Waals surface area contributed by atoms with Crippen LogP contribution < -0.4 is 10.6 Å². The normalized spacial score (nSPS) is 10.7. The van der Waals surface area contributed by atoms with E-state index in [0.717, 1.165) is 22.7 Å². The molecule has 2 aromatic rings. The Hall–Kier alpha value is -2.00. The summed E-state index contributed by atoms with van der Waals surface area (Å²) in [6, 6.07) is 16.1. The maximum atomic E-state index is 11.9. The van der Waals surface area contributed by atoms with Crippen molar-refractivity contribution in [2.45, 2.75) is 32.6 Å². The molecule has 0 aliphatic rings. The first-order valence-electron chi connectivity index (χ1n) is 8.39. The number of benzene rings is 2. The van der Waals surface area contributed by atoms with Gasteiger partial charge in [0.15, 0.2) is 0 Å². The number of amides is 1. The summed E-state index contributed by atoms with van der Waals surface area (Å²) in [7, 11) is 0. The fourth-order valence-electron chi connectivity index (χ4n) is 2.43. The molecule has 1 amide bonds. The smallest absolute Gasteiger partial charge is 0.221 e. The Kier molecular flexibility index (Phi) is 7.13. The first-order chi connectivity index (χ1) is 11.5. The van der Waals surface area contributed by atoms with Crippen LogP contribution >= 0.6 is 11.6 Å². The van der Waals surface area contributed by atoms with Crippen LogP contribution in [0.15, 0.2) is 48.5 Å². The molecule has 0 aliphatic carbocycles. The maximum Gasteiger partial charge on any atom is 0.221 e. The molecule has 0 aliphatic heterocycles. The fourth-order valence-corrected chi connectivity index (χ4v) is 2.65. The van der Waals surface area contributed by atoms with Crippen LogP contribution in [-0.4, -0.2) is 19.0 Å². The second-order valence-corrected chi connectivity index (χ2v) is 6.62. The number of nitrogens with one attached hydrogen (secondary N) is 2. The van der Waals surface area contributed by atoms with Gasteiger partial charge < -0.3 is 10.6 Å². The monoisotopic (exact) mass is 344 g/mol. The molecule has 2 N–H and O–H groups in total. The van der Waals surface area contributed by atoms with Gasteiger partial charge in [-0.15, -0.1) is 0 Å². The standard InChI is InChI=1S/C20H25ClN2O/c1-15(2)17-6-8-19(9-7-17)22-13-11-20(24)23-12-10-16-4-3-5-18(21)14-16/h3-9,14-15,22H,10-13H2,1-2H3,(H,23,24). The number of carbonyl (C=O) groups is 1. The van der Waals surface area contributed by atoms with Gasteiger partial charge in [0.25, 0.3) is 0 Å². The third-order valence-corrected chi connectivity index (χ3v) is 4.12. The third-order valence-electron chi connectivity index (χ3n) is 3.88. The van der Waals surface area contributed by atoms with Crippen LogP contribution in [0.2, 0.25) is 5.02 Å². The van der Waals surface area contributed by atoms with Crippen LogP contribution in [0.3, 0.4) is 0 Å². The Morgan fingerprint density at radius 3 is 2.50 bits per heavy atom. The van der Waals surface area contributed by atoms with E-state index in [4.69, 9.17) is 11.6 Å². The van der Waals surface area contributed by atoms with Gasteiger partial charge in [-0.3, -0.25) is 4.79 Å². The van der Waals surface area contributed by atoms with E-state index in [1.165, 1.54) is 5.56 Å². The van der Waals surface area contributed by atoms with Crippen molar-refractivity contribution in [3.63, 3.8) is 0 Å². The van der Waals surface area contributed by atoms with Crippen LogP contribution in [0.5, 0.6) is 0 Å². The number of anilines is 1. The van der Waals surface area contributed by atoms with E-state index in [2.05, 4.69) is 48.7 Å². The highest BCUT2D eigenvalue weighted by Gasteiger charge is 2.02. The van der Waals surface area contributed by atoms with Crippen LogP contribution in [0, 0.1) is 0 Å². The van der Waals surface area contributed by atoms with E-state index < -0.39 is 0 Å². The lowest BCUT2D eigenvalue weighted by molar-refractivity contribution is -0.120. The van der Waals surface area contributed by atoms with Crippen molar-refractivity contribution in [3.8, 4) is 0 Å². The summed E-state index contributed by atoms with van der Waals surface area (Å²) in [6.45, 7) is 5.61. The average molecular weight is 345 g/mol. The van der Waals surface area contributed by atoms with Crippen molar-refractivity contribution in [1.29, 1.82) is 0 Å². The number of rotatable bonds is 8. The van der Waals surface area contributed by atoms with E-state index in [9.17, 15) is 4.79 Å². The van der Waals surface area contributed by atoms with E-state index in [1.807, 2.05) is 24.3 Å². The molecule has 24 heavy (non-hydrogen) atoms. The molecule has 0 heterocycles. The van der Waals surface area contributed by atoms with E-state index in [1.54, 1.807) is 0 Å². The molecule has 4 heteroatoms. The van der Waals surface area contributed by atoms with Gasteiger partial charge in [0.2, 0.25) is 5.91 Å². The summed E-state index contributed by atoms with van der Waals surface area (Å²) in [5, 5.41) is 6.95. The molecule has 0 atom stereocenters. The summed E-state index contributed by atoms with van der Waals surface area (Å²) in [5.41, 5.74) is 3.50. The predicted octanol–water partition coefficient (Wildman–Crippen LogP) is 4.62. The summed E-state index contributed by atoms with van der Waals surface area (Å²) in [4.78, 5) is 11.9. The molecule has 0 saturated carbocycles. The van der Waals surface area contributed by atoms with Gasteiger partial charge in [-0.2, -0.15) is 0 Å². The second kappa shape index (κ2) is 9.33. The van der Waals surface area contributed by atoms with Crippen molar-refractivity contribution >= 4 is 23.2 Å². The highest BCUT2D eigenvalue weighted by atomic mass is 35.5. The highest BCUT2D eigenvalue weighted by Crippen LogP contribution is 2.17. The summed E-state index contributed by atoms with van der Waals surface area (Å²) >= 11 is 5.94. The molecule has 0 unspecified atom stereocenters. The Morgan fingerprint density at radius 2 is 1.83 bits per heavy atom. The van der Waals surface area contributed by atoms with E-state index in [-0.39, 0.29) is 5.91 Å². The molecular weight excluding hydrogens is 320 g/mol. The first kappa shape index (κ1) is 18.3. The van der Waals surface area contributed by atoms with Gasteiger partial charge in [-0.1, -0.05) is 49.7 Å². The molecule has 0 fully saturated rings. The largest absolute Gasteiger partial charge is 0.385 e. The third kappa shape index (κ3) is 6.25. The van der Waals surface area contributed by atoms with E-state index >= 15 is 0 Å². The SMILES string of the molecule is CC(C)c1ccc(NCCC(=O)NCCc2cccc(Cl)c2)cc1. The molecule has 0 spiro atoms. The number of halogens is 1. The van der Waals surface area contributed by atoms with Crippen molar-refractivity contribution in [2.75, 3.05) is 18.4 Å².